The fourth-order valence-corrected chi connectivity index (χ4v) is 2.12. The molecule has 5 nitrogen and oxygen atoms in total. The topological polar surface area (TPSA) is 60.5 Å². The summed E-state index contributed by atoms with van der Waals surface area (Å²) in [6.45, 7) is 2.45. The zero-order valence-electron chi connectivity index (χ0n) is 13.5. The average Bonchev–Trinajstić information content (AvgIpc) is 2.60. The Morgan fingerprint density at radius 3 is 2.61 bits per heavy atom. The van der Waals surface area contributed by atoms with E-state index in [0.29, 0.717) is 19.4 Å². The van der Waals surface area contributed by atoms with Crippen LogP contribution in [0.3, 0.4) is 0 Å². The molecule has 2 aromatic rings. The summed E-state index contributed by atoms with van der Waals surface area (Å²) in [4.78, 5) is 16.0. The second kappa shape index (κ2) is 8.78. The summed E-state index contributed by atoms with van der Waals surface area (Å²) < 4.78 is 10.7. The number of carbonyl (C=O) groups is 1. The van der Waals surface area contributed by atoms with Crippen LogP contribution < -0.4 is 14.8 Å². The third-order valence-electron chi connectivity index (χ3n) is 3.44. The van der Waals surface area contributed by atoms with Gasteiger partial charge in [-0.1, -0.05) is 6.07 Å². The van der Waals surface area contributed by atoms with E-state index in [0.717, 1.165) is 17.1 Å². The Hall–Kier alpha value is -2.56. The largest absolute Gasteiger partial charge is 0.497 e. The monoisotopic (exact) mass is 314 g/mol. The van der Waals surface area contributed by atoms with E-state index in [1.165, 1.54) is 0 Å². The first-order valence-corrected chi connectivity index (χ1v) is 7.65. The zero-order valence-corrected chi connectivity index (χ0v) is 13.5. The molecule has 0 aliphatic rings. The number of nitrogens with zero attached hydrogens (tertiary/aromatic N) is 1. The molecule has 1 aromatic carbocycles. The molecule has 0 saturated heterocycles. The fraction of sp³-hybridized carbons (Fsp3) is 0.333. The summed E-state index contributed by atoms with van der Waals surface area (Å²) in [6, 6.07) is 11.2. The van der Waals surface area contributed by atoms with Crippen LogP contribution in [-0.4, -0.2) is 24.6 Å². The first-order chi connectivity index (χ1) is 11.2. The number of amides is 1. The quantitative estimate of drug-likeness (QED) is 0.761. The molecule has 1 atom stereocenters. The van der Waals surface area contributed by atoms with Gasteiger partial charge in [0.1, 0.15) is 11.5 Å². The maximum Gasteiger partial charge on any atom is 0.220 e. The fourth-order valence-electron chi connectivity index (χ4n) is 2.12. The van der Waals surface area contributed by atoms with Crippen molar-refractivity contribution in [1.29, 1.82) is 0 Å². The molecule has 0 radical (unpaired) electrons. The van der Waals surface area contributed by atoms with Gasteiger partial charge in [-0.2, -0.15) is 0 Å². The Kier molecular flexibility index (Phi) is 6.41. The Labute approximate surface area is 136 Å². The molecule has 1 unspecified atom stereocenters. The molecule has 0 bridgehead atoms. The second-order valence-corrected chi connectivity index (χ2v) is 5.20. The van der Waals surface area contributed by atoms with Crippen LogP contribution in [0.4, 0.5) is 0 Å². The van der Waals surface area contributed by atoms with Crippen LogP contribution in [0.15, 0.2) is 48.8 Å². The average molecular weight is 314 g/mol. The van der Waals surface area contributed by atoms with Crippen LogP contribution in [0.25, 0.3) is 0 Å². The van der Waals surface area contributed by atoms with E-state index in [1.807, 2.05) is 43.3 Å². The van der Waals surface area contributed by atoms with E-state index in [4.69, 9.17) is 9.47 Å². The van der Waals surface area contributed by atoms with Crippen LogP contribution in [0.2, 0.25) is 0 Å². The van der Waals surface area contributed by atoms with Crippen molar-refractivity contribution in [3.63, 3.8) is 0 Å². The first-order valence-electron chi connectivity index (χ1n) is 7.65. The predicted molar refractivity (Wildman–Crippen MR) is 88.5 cm³/mol. The minimum absolute atomic E-state index is 0.0136. The lowest BCUT2D eigenvalue weighted by atomic mass is 10.1. The predicted octanol–water partition coefficient (Wildman–Crippen LogP) is 3.13. The zero-order chi connectivity index (χ0) is 16.5. The lowest BCUT2D eigenvalue weighted by Crippen LogP contribution is -2.26. The van der Waals surface area contributed by atoms with Crippen molar-refractivity contribution < 1.29 is 14.3 Å². The van der Waals surface area contributed by atoms with Crippen LogP contribution in [-0.2, 0) is 4.79 Å². The number of ether oxygens (including phenoxy) is 2. The lowest BCUT2D eigenvalue weighted by Gasteiger charge is -2.14. The molecule has 5 heteroatoms. The molecule has 2 rings (SSSR count). The van der Waals surface area contributed by atoms with Gasteiger partial charge in [0.05, 0.1) is 19.8 Å². The minimum atomic E-state index is -0.0429. The molecular formula is C18H22N2O3. The third kappa shape index (κ3) is 5.62. The minimum Gasteiger partial charge on any atom is -0.497 e. The summed E-state index contributed by atoms with van der Waals surface area (Å²) in [5, 5.41) is 2.96. The Morgan fingerprint density at radius 2 is 1.96 bits per heavy atom. The van der Waals surface area contributed by atoms with Crippen LogP contribution in [0.5, 0.6) is 11.5 Å². The first kappa shape index (κ1) is 16.8. The van der Waals surface area contributed by atoms with Crippen LogP contribution in [0, 0.1) is 0 Å². The number of carbonyl (C=O) groups excluding carboxylic acids is 1. The van der Waals surface area contributed by atoms with Gasteiger partial charge in [-0.25, -0.2) is 0 Å². The molecule has 23 heavy (non-hydrogen) atoms. The summed E-state index contributed by atoms with van der Waals surface area (Å²) in [5.74, 6) is 1.58. The molecule has 1 heterocycles. The number of hydrogen-bond donors (Lipinski definition) is 1. The van der Waals surface area contributed by atoms with E-state index in [9.17, 15) is 4.79 Å². The van der Waals surface area contributed by atoms with Gasteiger partial charge in [0.25, 0.3) is 0 Å². The van der Waals surface area contributed by atoms with Gasteiger partial charge in [0.15, 0.2) is 0 Å². The maximum atomic E-state index is 11.9. The smallest absolute Gasteiger partial charge is 0.220 e. The van der Waals surface area contributed by atoms with E-state index in [1.54, 1.807) is 19.5 Å². The van der Waals surface area contributed by atoms with Crippen molar-refractivity contribution in [3.8, 4) is 11.5 Å². The third-order valence-corrected chi connectivity index (χ3v) is 3.44. The van der Waals surface area contributed by atoms with E-state index in [2.05, 4.69) is 10.3 Å². The van der Waals surface area contributed by atoms with Crippen LogP contribution in [0.1, 0.15) is 31.4 Å². The standard InChI is InChI=1S/C18H22N2O3/c1-14(15-5-3-11-19-13-15)20-18(21)6-4-12-23-17-9-7-16(22-2)8-10-17/h3,5,7-11,13-14H,4,6,12H2,1-2H3,(H,20,21). The molecule has 1 aromatic heterocycles. The van der Waals surface area contributed by atoms with Gasteiger partial charge in [-0.3, -0.25) is 9.78 Å². The van der Waals surface area contributed by atoms with Crippen molar-refractivity contribution >= 4 is 5.91 Å². The van der Waals surface area contributed by atoms with Crippen molar-refractivity contribution in [1.82, 2.24) is 10.3 Å². The van der Waals surface area contributed by atoms with Gasteiger partial charge in [0, 0.05) is 18.8 Å². The molecule has 0 aliphatic carbocycles. The van der Waals surface area contributed by atoms with Crippen molar-refractivity contribution in [3.05, 3.63) is 54.4 Å². The molecule has 0 aliphatic heterocycles. The normalized spacial score (nSPS) is 11.6. The highest BCUT2D eigenvalue weighted by Gasteiger charge is 2.09. The van der Waals surface area contributed by atoms with E-state index in [-0.39, 0.29) is 11.9 Å². The number of aromatic nitrogens is 1. The molecule has 1 amide bonds. The number of hydrogen-bond acceptors (Lipinski definition) is 4. The van der Waals surface area contributed by atoms with Crippen molar-refractivity contribution in [2.45, 2.75) is 25.8 Å². The van der Waals surface area contributed by atoms with E-state index >= 15 is 0 Å². The Morgan fingerprint density at radius 1 is 1.22 bits per heavy atom. The highest BCUT2D eigenvalue weighted by atomic mass is 16.5. The second-order valence-electron chi connectivity index (χ2n) is 5.20. The van der Waals surface area contributed by atoms with Gasteiger partial charge >= 0.3 is 0 Å². The number of pyridine rings is 1. The highest BCUT2D eigenvalue weighted by Crippen LogP contribution is 2.17. The Balaban J connectivity index is 1.66. The maximum absolute atomic E-state index is 11.9. The molecule has 0 saturated carbocycles. The number of nitrogens with one attached hydrogen (secondary N) is 1. The summed E-state index contributed by atoms with van der Waals surface area (Å²) >= 11 is 0. The summed E-state index contributed by atoms with van der Waals surface area (Å²) in [5.41, 5.74) is 0.996. The van der Waals surface area contributed by atoms with Crippen molar-refractivity contribution in [2.24, 2.45) is 0 Å². The summed E-state index contributed by atoms with van der Waals surface area (Å²) in [7, 11) is 1.63. The molecule has 1 N–H and O–H groups in total. The Bertz CT molecular complexity index is 599. The lowest BCUT2D eigenvalue weighted by molar-refractivity contribution is -0.121. The highest BCUT2D eigenvalue weighted by molar-refractivity contribution is 5.76. The SMILES string of the molecule is COc1ccc(OCCCC(=O)NC(C)c2cccnc2)cc1. The summed E-state index contributed by atoms with van der Waals surface area (Å²) in [6.07, 6.45) is 4.57. The molecule has 0 spiro atoms. The molecule has 0 fully saturated rings. The van der Waals surface area contributed by atoms with E-state index < -0.39 is 0 Å². The molecule has 122 valence electrons. The van der Waals surface area contributed by atoms with Gasteiger partial charge < -0.3 is 14.8 Å². The van der Waals surface area contributed by atoms with Gasteiger partial charge in [0.2, 0.25) is 5.91 Å². The van der Waals surface area contributed by atoms with Gasteiger partial charge in [-0.05, 0) is 49.2 Å². The van der Waals surface area contributed by atoms with Crippen molar-refractivity contribution in [2.75, 3.05) is 13.7 Å². The number of benzene rings is 1. The molecular weight excluding hydrogens is 292 g/mol. The number of methoxy groups -OCH3 is 1. The number of rotatable bonds is 8. The van der Waals surface area contributed by atoms with Gasteiger partial charge in [-0.15, -0.1) is 0 Å². The van der Waals surface area contributed by atoms with Crippen LogP contribution >= 0.6 is 0 Å².